The molecule has 2 N–H and O–H groups in total. The molecule has 2 saturated heterocycles. The monoisotopic (exact) mass is 472 g/mol. The van der Waals surface area contributed by atoms with Crippen molar-refractivity contribution in [2.45, 2.75) is 13.0 Å². The van der Waals surface area contributed by atoms with E-state index in [9.17, 15) is 14.0 Å². The van der Waals surface area contributed by atoms with Crippen LogP contribution >= 0.6 is 12.2 Å². The summed E-state index contributed by atoms with van der Waals surface area (Å²) in [5.41, 5.74) is 1.68. The lowest BCUT2D eigenvalue weighted by atomic mass is 10.2. The Kier molecular flexibility index (Phi) is 7.05. The molecule has 1 atom stereocenters. The first kappa shape index (κ1) is 22.9. The average molecular weight is 473 g/mol. The SMILES string of the molecule is CC(=S)NC[C@H]1CN(c2ccc(Nc3ccc(N4CCOCC4)c(=O)cc3)c(F)c2)C(=O)O1. The van der Waals surface area contributed by atoms with Crippen LogP contribution in [0.1, 0.15) is 6.92 Å². The number of halogens is 1. The number of rotatable bonds is 6. The van der Waals surface area contributed by atoms with Gasteiger partial charge in [0, 0.05) is 18.8 Å². The highest BCUT2D eigenvalue weighted by Crippen LogP contribution is 2.27. The number of ether oxygens (including phenoxy) is 2. The number of morpholine rings is 1. The number of cyclic esters (lactones) is 1. The van der Waals surface area contributed by atoms with Crippen LogP contribution < -0.4 is 25.9 Å². The quantitative estimate of drug-likeness (QED) is 0.621. The van der Waals surface area contributed by atoms with Crippen LogP contribution in [0.5, 0.6) is 0 Å². The molecule has 1 amide bonds. The Morgan fingerprint density at radius 3 is 2.64 bits per heavy atom. The van der Waals surface area contributed by atoms with Gasteiger partial charge in [-0.2, -0.15) is 0 Å². The van der Waals surface area contributed by atoms with Gasteiger partial charge in [0.25, 0.3) is 0 Å². The first-order valence-electron chi connectivity index (χ1n) is 10.7. The highest BCUT2D eigenvalue weighted by molar-refractivity contribution is 7.80. The van der Waals surface area contributed by atoms with E-state index in [-0.39, 0.29) is 17.2 Å². The predicted molar refractivity (Wildman–Crippen MR) is 129 cm³/mol. The summed E-state index contributed by atoms with van der Waals surface area (Å²) in [7, 11) is 0. The van der Waals surface area contributed by atoms with Crippen molar-refractivity contribution < 1.29 is 18.7 Å². The molecule has 10 heteroatoms. The highest BCUT2D eigenvalue weighted by atomic mass is 32.1. The number of amides is 1. The third kappa shape index (κ3) is 5.58. The number of anilines is 4. The van der Waals surface area contributed by atoms with Crippen LogP contribution in [0.15, 0.2) is 47.3 Å². The number of hydrogen-bond donors (Lipinski definition) is 2. The number of nitrogens with zero attached hydrogens (tertiary/aromatic N) is 2. The maximum atomic E-state index is 14.9. The largest absolute Gasteiger partial charge is 0.442 e. The summed E-state index contributed by atoms with van der Waals surface area (Å²) in [4.78, 5) is 28.7. The van der Waals surface area contributed by atoms with Gasteiger partial charge in [0.05, 0.1) is 48.4 Å². The lowest BCUT2D eigenvalue weighted by Gasteiger charge is -2.27. The zero-order valence-electron chi connectivity index (χ0n) is 18.2. The van der Waals surface area contributed by atoms with E-state index in [0.29, 0.717) is 61.4 Å². The van der Waals surface area contributed by atoms with Crippen molar-refractivity contribution in [2.24, 2.45) is 0 Å². The third-order valence-corrected chi connectivity index (χ3v) is 5.58. The summed E-state index contributed by atoms with van der Waals surface area (Å²) in [6, 6.07) is 11.0. The highest BCUT2D eigenvalue weighted by Gasteiger charge is 2.32. The van der Waals surface area contributed by atoms with Crippen LogP contribution in [-0.4, -0.2) is 56.6 Å². The van der Waals surface area contributed by atoms with Gasteiger partial charge in [-0.15, -0.1) is 0 Å². The van der Waals surface area contributed by atoms with Crippen LogP contribution in [0.3, 0.4) is 0 Å². The fourth-order valence-electron chi connectivity index (χ4n) is 3.73. The minimum atomic E-state index is -0.530. The van der Waals surface area contributed by atoms with Crippen LogP contribution in [0, 0.1) is 5.82 Å². The average Bonchev–Trinajstić information content (AvgIpc) is 3.08. The Balaban J connectivity index is 1.46. The van der Waals surface area contributed by atoms with Crippen molar-refractivity contribution in [3.8, 4) is 0 Å². The standard InChI is InChI=1S/C23H25FN4O4S/c1-15(33)25-13-18-14-28(23(30)32-18)17-4-5-20(19(24)12-17)26-16-2-6-21(22(29)7-3-16)27-8-10-31-11-9-27/h2-7,12,18,26H,8-11,13-14H2,1H3,(H,25,33)/t18-/m0/s1. The van der Waals surface area contributed by atoms with E-state index in [1.165, 1.54) is 17.0 Å². The zero-order chi connectivity index (χ0) is 23.4. The lowest BCUT2D eigenvalue weighted by molar-refractivity contribution is 0.122. The van der Waals surface area contributed by atoms with E-state index in [2.05, 4.69) is 10.6 Å². The summed E-state index contributed by atoms with van der Waals surface area (Å²) in [5, 5.41) is 5.98. The van der Waals surface area contributed by atoms with Gasteiger partial charge >= 0.3 is 6.09 Å². The molecule has 2 aromatic rings. The van der Waals surface area contributed by atoms with Gasteiger partial charge in [-0.05, 0) is 49.4 Å². The van der Waals surface area contributed by atoms with Gasteiger partial charge < -0.3 is 25.0 Å². The summed E-state index contributed by atoms with van der Waals surface area (Å²) >= 11 is 4.97. The number of nitrogens with one attached hydrogen (secondary N) is 2. The number of hydrogen-bond acceptors (Lipinski definition) is 7. The molecule has 0 aromatic heterocycles. The summed E-state index contributed by atoms with van der Waals surface area (Å²) in [6.07, 6.45) is -0.903. The molecule has 174 valence electrons. The second kappa shape index (κ2) is 10.1. The van der Waals surface area contributed by atoms with Gasteiger partial charge in [-0.25, -0.2) is 9.18 Å². The molecular weight excluding hydrogens is 447 g/mol. The van der Waals surface area contributed by atoms with E-state index in [0.717, 1.165) is 0 Å². The van der Waals surface area contributed by atoms with Gasteiger partial charge in [-0.1, -0.05) is 12.2 Å². The van der Waals surface area contributed by atoms with Crippen LogP contribution in [0.25, 0.3) is 0 Å². The Bertz CT molecular complexity index is 1110. The Morgan fingerprint density at radius 2 is 1.91 bits per heavy atom. The Hall–Kier alpha value is -3.24. The summed E-state index contributed by atoms with van der Waals surface area (Å²) in [5.74, 6) is -0.529. The predicted octanol–water partition coefficient (Wildman–Crippen LogP) is 3.03. The molecule has 0 aliphatic carbocycles. The molecule has 2 aliphatic rings. The summed E-state index contributed by atoms with van der Waals surface area (Å²) < 4.78 is 25.5. The molecule has 0 bridgehead atoms. The first-order chi connectivity index (χ1) is 15.9. The normalized spacial score (nSPS) is 18.1. The van der Waals surface area contributed by atoms with E-state index >= 15 is 0 Å². The molecule has 0 unspecified atom stereocenters. The van der Waals surface area contributed by atoms with Gasteiger partial charge in [0.15, 0.2) is 0 Å². The second-order valence-corrected chi connectivity index (χ2v) is 8.43. The van der Waals surface area contributed by atoms with Crippen molar-refractivity contribution in [3.05, 3.63) is 58.5 Å². The molecule has 2 aliphatic heterocycles. The molecule has 2 heterocycles. The van der Waals surface area contributed by atoms with Crippen molar-refractivity contribution in [1.82, 2.24) is 5.32 Å². The maximum Gasteiger partial charge on any atom is 0.414 e. The first-order valence-corrected chi connectivity index (χ1v) is 11.1. The molecule has 2 fully saturated rings. The molecule has 2 aromatic carbocycles. The molecule has 0 radical (unpaired) electrons. The van der Waals surface area contributed by atoms with E-state index in [1.54, 1.807) is 37.3 Å². The van der Waals surface area contributed by atoms with Gasteiger partial charge in [-0.3, -0.25) is 9.69 Å². The number of thiocarbonyl (C=S) groups is 1. The van der Waals surface area contributed by atoms with Crippen molar-refractivity contribution in [3.63, 3.8) is 0 Å². The molecule has 0 saturated carbocycles. The van der Waals surface area contributed by atoms with Crippen LogP contribution in [-0.2, 0) is 9.47 Å². The minimum Gasteiger partial charge on any atom is -0.442 e. The molecular formula is C23H25FN4O4S. The van der Waals surface area contributed by atoms with Crippen molar-refractivity contribution >= 4 is 46.0 Å². The van der Waals surface area contributed by atoms with Gasteiger partial charge in [0.1, 0.15) is 11.9 Å². The summed E-state index contributed by atoms with van der Waals surface area (Å²) in [6.45, 7) is 4.91. The van der Waals surface area contributed by atoms with Crippen molar-refractivity contribution in [2.75, 3.05) is 54.5 Å². The molecule has 8 nitrogen and oxygen atoms in total. The number of benzene rings is 1. The van der Waals surface area contributed by atoms with E-state index in [1.807, 2.05) is 4.90 Å². The molecule has 33 heavy (non-hydrogen) atoms. The van der Waals surface area contributed by atoms with Gasteiger partial charge in [0.2, 0.25) is 5.43 Å². The lowest BCUT2D eigenvalue weighted by Crippen LogP contribution is -2.38. The van der Waals surface area contributed by atoms with Crippen molar-refractivity contribution in [1.29, 1.82) is 0 Å². The van der Waals surface area contributed by atoms with E-state index < -0.39 is 11.9 Å². The number of carbonyl (C=O) groups is 1. The smallest absolute Gasteiger partial charge is 0.414 e. The van der Waals surface area contributed by atoms with Crippen LogP contribution in [0.2, 0.25) is 0 Å². The van der Waals surface area contributed by atoms with E-state index in [4.69, 9.17) is 21.7 Å². The second-order valence-electron chi connectivity index (χ2n) is 7.81. The molecule has 0 spiro atoms. The minimum absolute atomic E-state index is 0.110. The Labute approximate surface area is 196 Å². The fraction of sp³-hybridized carbons (Fsp3) is 0.348. The fourth-order valence-corrected chi connectivity index (χ4v) is 3.81. The zero-order valence-corrected chi connectivity index (χ0v) is 19.0. The topological polar surface area (TPSA) is 83.1 Å². The Morgan fingerprint density at radius 1 is 1.15 bits per heavy atom. The number of carbonyl (C=O) groups excluding carboxylic acids is 1. The third-order valence-electron chi connectivity index (χ3n) is 5.44. The maximum absolute atomic E-state index is 14.9. The molecule has 4 rings (SSSR count). The van der Waals surface area contributed by atoms with Crippen LogP contribution in [0.4, 0.5) is 31.9 Å².